The molecule has 0 fully saturated rings. The number of benzene rings is 1. The first kappa shape index (κ1) is 16.0. The SMILES string of the molecule is O=C(CCCc1ccccn1)C(=O)NCc1ccc2c(c1)OCO2. The number of aryl methyl sites for hydroxylation is 1. The molecular weight excluding hydrogens is 308 g/mol. The minimum Gasteiger partial charge on any atom is -0.454 e. The third-order valence-electron chi connectivity index (χ3n) is 3.71. The highest BCUT2D eigenvalue weighted by molar-refractivity contribution is 6.36. The highest BCUT2D eigenvalue weighted by Crippen LogP contribution is 2.32. The van der Waals surface area contributed by atoms with E-state index in [0.29, 0.717) is 24.3 Å². The summed E-state index contributed by atoms with van der Waals surface area (Å²) in [5.74, 6) is 0.375. The summed E-state index contributed by atoms with van der Waals surface area (Å²) in [7, 11) is 0. The van der Waals surface area contributed by atoms with Gasteiger partial charge in [-0.2, -0.15) is 0 Å². The van der Waals surface area contributed by atoms with Crippen molar-refractivity contribution in [2.75, 3.05) is 6.79 Å². The van der Waals surface area contributed by atoms with Crippen LogP contribution in [0.4, 0.5) is 0 Å². The number of hydrogen-bond acceptors (Lipinski definition) is 5. The first-order chi connectivity index (χ1) is 11.7. The Balaban J connectivity index is 1.42. The molecule has 3 rings (SSSR count). The molecule has 1 aromatic carbocycles. The molecule has 0 saturated carbocycles. The number of rotatable bonds is 7. The maximum absolute atomic E-state index is 11.9. The van der Waals surface area contributed by atoms with Crippen LogP contribution < -0.4 is 14.8 Å². The Bertz CT molecular complexity index is 731. The normalized spacial score (nSPS) is 12.0. The number of carbonyl (C=O) groups is 2. The standard InChI is InChI=1S/C18H18N2O4/c21-15(6-3-5-14-4-1-2-9-19-14)18(22)20-11-13-7-8-16-17(10-13)24-12-23-16/h1-2,4,7-10H,3,5-6,11-12H2,(H,20,22). The molecule has 6 heteroatoms. The van der Waals surface area contributed by atoms with Gasteiger partial charge in [-0.1, -0.05) is 12.1 Å². The second-order valence-corrected chi connectivity index (χ2v) is 5.47. The molecule has 6 nitrogen and oxygen atoms in total. The molecule has 0 saturated heterocycles. The van der Waals surface area contributed by atoms with Crippen LogP contribution in [0.25, 0.3) is 0 Å². The predicted molar refractivity (Wildman–Crippen MR) is 86.6 cm³/mol. The van der Waals surface area contributed by atoms with Crippen LogP contribution in [0, 0.1) is 0 Å². The topological polar surface area (TPSA) is 77.5 Å². The Kier molecular flexibility index (Phi) is 5.05. The summed E-state index contributed by atoms with van der Waals surface area (Å²) in [6.07, 6.45) is 3.22. The molecule has 1 aliphatic rings. The van der Waals surface area contributed by atoms with Gasteiger partial charge in [0.1, 0.15) is 0 Å². The van der Waals surface area contributed by atoms with Gasteiger partial charge in [-0.15, -0.1) is 0 Å². The van der Waals surface area contributed by atoms with Crippen molar-refractivity contribution in [2.24, 2.45) is 0 Å². The van der Waals surface area contributed by atoms with Gasteiger partial charge in [0.25, 0.3) is 5.91 Å². The van der Waals surface area contributed by atoms with Crippen LogP contribution >= 0.6 is 0 Å². The quantitative estimate of drug-likeness (QED) is 0.788. The molecule has 2 aromatic rings. The van der Waals surface area contributed by atoms with E-state index in [-0.39, 0.29) is 19.8 Å². The lowest BCUT2D eigenvalue weighted by molar-refractivity contribution is -0.138. The molecule has 124 valence electrons. The fourth-order valence-electron chi connectivity index (χ4n) is 2.42. The number of fused-ring (bicyclic) bond motifs is 1. The molecule has 1 amide bonds. The number of aromatic nitrogens is 1. The van der Waals surface area contributed by atoms with Gasteiger partial charge in [0, 0.05) is 24.9 Å². The monoisotopic (exact) mass is 326 g/mol. The molecule has 0 radical (unpaired) electrons. The van der Waals surface area contributed by atoms with E-state index >= 15 is 0 Å². The van der Waals surface area contributed by atoms with Crippen molar-refractivity contribution in [1.29, 1.82) is 0 Å². The molecule has 0 aliphatic carbocycles. The van der Waals surface area contributed by atoms with Crippen molar-refractivity contribution in [1.82, 2.24) is 10.3 Å². The first-order valence-corrected chi connectivity index (χ1v) is 7.82. The molecule has 0 unspecified atom stereocenters. The van der Waals surface area contributed by atoms with Crippen molar-refractivity contribution in [3.05, 3.63) is 53.9 Å². The van der Waals surface area contributed by atoms with Crippen LogP contribution in [0.5, 0.6) is 11.5 Å². The molecule has 1 N–H and O–H groups in total. The highest BCUT2D eigenvalue weighted by Gasteiger charge is 2.15. The summed E-state index contributed by atoms with van der Waals surface area (Å²) < 4.78 is 10.5. The van der Waals surface area contributed by atoms with Crippen molar-refractivity contribution >= 4 is 11.7 Å². The van der Waals surface area contributed by atoms with Crippen LogP contribution in [-0.4, -0.2) is 23.5 Å². The van der Waals surface area contributed by atoms with Gasteiger partial charge >= 0.3 is 0 Å². The second kappa shape index (κ2) is 7.59. The van der Waals surface area contributed by atoms with Crippen molar-refractivity contribution < 1.29 is 19.1 Å². The average molecular weight is 326 g/mol. The van der Waals surface area contributed by atoms with E-state index < -0.39 is 11.7 Å². The van der Waals surface area contributed by atoms with Gasteiger partial charge in [0.2, 0.25) is 12.6 Å². The van der Waals surface area contributed by atoms with Gasteiger partial charge in [0.05, 0.1) is 0 Å². The fourth-order valence-corrected chi connectivity index (χ4v) is 2.42. The number of amides is 1. The molecule has 1 aromatic heterocycles. The minimum atomic E-state index is -0.561. The van der Waals surface area contributed by atoms with E-state index in [4.69, 9.17) is 9.47 Å². The molecular formula is C18H18N2O4. The molecule has 0 bridgehead atoms. The van der Waals surface area contributed by atoms with E-state index in [2.05, 4.69) is 10.3 Å². The molecule has 24 heavy (non-hydrogen) atoms. The van der Waals surface area contributed by atoms with Crippen molar-refractivity contribution in [3.63, 3.8) is 0 Å². The maximum Gasteiger partial charge on any atom is 0.287 e. The third-order valence-corrected chi connectivity index (χ3v) is 3.71. The Morgan fingerprint density at radius 1 is 1.12 bits per heavy atom. The van der Waals surface area contributed by atoms with Gasteiger partial charge in [0.15, 0.2) is 11.5 Å². The fraction of sp³-hybridized carbons (Fsp3) is 0.278. The van der Waals surface area contributed by atoms with Crippen LogP contribution in [0.3, 0.4) is 0 Å². The number of hydrogen-bond donors (Lipinski definition) is 1. The lowest BCUT2D eigenvalue weighted by Gasteiger charge is -2.06. The van der Waals surface area contributed by atoms with E-state index in [9.17, 15) is 9.59 Å². The zero-order chi connectivity index (χ0) is 16.8. The zero-order valence-corrected chi connectivity index (χ0v) is 13.2. The number of pyridine rings is 1. The van der Waals surface area contributed by atoms with Crippen LogP contribution in [0.2, 0.25) is 0 Å². The lowest BCUT2D eigenvalue weighted by Crippen LogP contribution is -2.30. The molecule has 2 heterocycles. The van der Waals surface area contributed by atoms with Crippen LogP contribution in [0.15, 0.2) is 42.6 Å². The number of nitrogens with zero attached hydrogens (tertiary/aromatic N) is 1. The summed E-state index contributed by atoms with van der Waals surface area (Å²) >= 11 is 0. The maximum atomic E-state index is 11.9. The van der Waals surface area contributed by atoms with Crippen LogP contribution in [0.1, 0.15) is 24.1 Å². The predicted octanol–water partition coefficient (Wildman–Crippen LogP) is 2.02. The molecule has 0 atom stereocenters. The van der Waals surface area contributed by atoms with Crippen LogP contribution in [-0.2, 0) is 22.6 Å². The Morgan fingerprint density at radius 2 is 2.00 bits per heavy atom. The number of Topliss-reactive ketones (excluding diaryl/α,β-unsaturated/α-hetero) is 1. The van der Waals surface area contributed by atoms with E-state index in [1.807, 2.05) is 24.3 Å². The van der Waals surface area contributed by atoms with E-state index in [1.54, 1.807) is 18.3 Å². The summed E-state index contributed by atoms with van der Waals surface area (Å²) in [5.41, 5.74) is 1.78. The Hall–Kier alpha value is -2.89. The number of carbonyl (C=O) groups excluding carboxylic acids is 2. The minimum absolute atomic E-state index is 0.208. The first-order valence-electron chi connectivity index (χ1n) is 7.82. The smallest absolute Gasteiger partial charge is 0.287 e. The number of ketones is 1. The summed E-state index contributed by atoms with van der Waals surface area (Å²) in [5, 5.41) is 2.64. The zero-order valence-electron chi connectivity index (χ0n) is 13.2. The Morgan fingerprint density at radius 3 is 2.83 bits per heavy atom. The largest absolute Gasteiger partial charge is 0.454 e. The van der Waals surface area contributed by atoms with Crippen molar-refractivity contribution in [2.45, 2.75) is 25.8 Å². The summed E-state index contributed by atoms with van der Waals surface area (Å²) in [4.78, 5) is 27.9. The van der Waals surface area contributed by atoms with Gasteiger partial charge in [-0.05, 0) is 42.7 Å². The second-order valence-electron chi connectivity index (χ2n) is 5.47. The third kappa shape index (κ3) is 4.10. The highest BCUT2D eigenvalue weighted by atomic mass is 16.7. The number of ether oxygens (including phenoxy) is 2. The van der Waals surface area contributed by atoms with E-state index in [1.165, 1.54) is 0 Å². The van der Waals surface area contributed by atoms with E-state index in [0.717, 1.165) is 11.3 Å². The number of nitrogens with one attached hydrogen (secondary N) is 1. The van der Waals surface area contributed by atoms with Crippen molar-refractivity contribution in [3.8, 4) is 11.5 Å². The summed E-state index contributed by atoms with van der Waals surface area (Å²) in [6, 6.07) is 11.1. The lowest BCUT2D eigenvalue weighted by atomic mass is 10.1. The average Bonchev–Trinajstić information content (AvgIpc) is 3.08. The van der Waals surface area contributed by atoms with Gasteiger partial charge < -0.3 is 14.8 Å². The van der Waals surface area contributed by atoms with Gasteiger partial charge in [-0.25, -0.2) is 0 Å². The molecule has 1 aliphatic heterocycles. The Labute approximate surface area is 139 Å². The summed E-state index contributed by atoms with van der Waals surface area (Å²) in [6.45, 7) is 0.487. The van der Waals surface area contributed by atoms with Gasteiger partial charge in [-0.3, -0.25) is 14.6 Å². The molecule has 0 spiro atoms.